The second kappa shape index (κ2) is 4.10. The van der Waals surface area contributed by atoms with Crippen molar-refractivity contribution in [3.05, 3.63) is 30.0 Å². The Hall–Kier alpha value is -1.81. The lowest BCUT2D eigenvalue weighted by atomic mass is 10.1. The summed E-state index contributed by atoms with van der Waals surface area (Å²) in [7, 11) is 1.79. The number of nitrogens with one attached hydrogen (secondary N) is 1. The molecule has 2 aromatic rings. The third-order valence-corrected chi connectivity index (χ3v) is 4.11. The first-order chi connectivity index (χ1) is 9.09. The maximum Gasteiger partial charge on any atom is 0.235 e. The first kappa shape index (κ1) is 12.2. The fourth-order valence-corrected chi connectivity index (χ4v) is 2.74. The molecule has 0 radical (unpaired) electrons. The van der Waals surface area contributed by atoms with E-state index in [2.05, 4.69) is 4.98 Å². The smallest absolute Gasteiger partial charge is 0.235 e. The van der Waals surface area contributed by atoms with E-state index >= 15 is 0 Å². The van der Waals surface area contributed by atoms with E-state index in [1.54, 1.807) is 11.9 Å². The zero-order valence-electron chi connectivity index (χ0n) is 11.2. The standard InChI is InChI=1S/C15H18N2O2/c1-10-13(11-5-3-4-6-12(11)16-10)17(2)14(19)15(9-18)7-8-15/h3-6,16,18H,7-9H2,1-2H3. The van der Waals surface area contributed by atoms with Gasteiger partial charge in [-0.25, -0.2) is 0 Å². The van der Waals surface area contributed by atoms with Crippen molar-refractivity contribution in [1.29, 1.82) is 0 Å². The van der Waals surface area contributed by atoms with Crippen molar-refractivity contribution in [3.63, 3.8) is 0 Å². The molecule has 100 valence electrons. The number of nitrogens with zero attached hydrogens (tertiary/aromatic N) is 1. The molecule has 4 nitrogen and oxygen atoms in total. The van der Waals surface area contributed by atoms with Crippen LogP contribution >= 0.6 is 0 Å². The summed E-state index contributed by atoms with van der Waals surface area (Å²) >= 11 is 0. The fourth-order valence-electron chi connectivity index (χ4n) is 2.74. The number of carbonyl (C=O) groups is 1. The van der Waals surface area contributed by atoms with Gasteiger partial charge >= 0.3 is 0 Å². The van der Waals surface area contributed by atoms with Crippen LogP contribution in [-0.2, 0) is 4.79 Å². The number of hydrogen-bond acceptors (Lipinski definition) is 2. The van der Waals surface area contributed by atoms with Gasteiger partial charge in [0.25, 0.3) is 0 Å². The van der Waals surface area contributed by atoms with E-state index in [1.807, 2.05) is 31.2 Å². The Morgan fingerprint density at radius 3 is 2.74 bits per heavy atom. The summed E-state index contributed by atoms with van der Waals surface area (Å²) in [5.74, 6) is 0.0165. The van der Waals surface area contributed by atoms with Crippen LogP contribution in [0.15, 0.2) is 24.3 Å². The molecule has 2 N–H and O–H groups in total. The molecule has 1 amide bonds. The Kier molecular flexibility index (Phi) is 2.64. The Labute approximate surface area is 112 Å². The summed E-state index contributed by atoms with van der Waals surface area (Å²) in [4.78, 5) is 17.5. The maximum atomic E-state index is 12.5. The van der Waals surface area contributed by atoms with Crippen molar-refractivity contribution in [2.24, 2.45) is 5.41 Å². The van der Waals surface area contributed by atoms with Crippen LogP contribution in [0.5, 0.6) is 0 Å². The number of hydrogen-bond donors (Lipinski definition) is 2. The number of aromatic nitrogens is 1. The van der Waals surface area contributed by atoms with Crippen LogP contribution in [-0.4, -0.2) is 29.7 Å². The molecule has 4 heteroatoms. The summed E-state index contributed by atoms with van der Waals surface area (Å²) in [6.07, 6.45) is 1.57. The minimum atomic E-state index is -0.528. The topological polar surface area (TPSA) is 56.3 Å². The molecular formula is C15H18N2O2. The molecular weight excluding hydrogens is 240 g/mol. The fraction of sp³-hybridized carbons (Fsp3) is 0.400. The third kappa shape index (κ3) is 1.75. The van der Waals surface area contributed by atoms with Crippen LogP contribution in [0, 0.1) is 12.3 Å². The van der Waals surface area contributed by atoms with Gasteiger partial charge in [0.15, 0.2) is 0 Å². The summed E-state index contributed by atoms with van der Waals surface area (Å²) in [6, 6.07) is 7.95. The monoisotopic (exact) mass is 258 g/mol. The number of anilines is 1. The van der Waals surface area contributed by atoms with Crippen LogP contribution in [0.25, 0.3) is 10.9 Å². The zero-order chi connectivity index (χ0) is 13.6. The second-order valence-corrected chi connectivity index (χ2v) is 5.45. The number of aliphatic hydroxyl groups is 1. The highest BCUT2D eigenvalue weighted by atomic mass is 16.3. The minimum Gasteiger partial charge on any atom is -0.395 e. The Morgan fingerprint density at radius 1 is 1.42 bits per heavy atom. The van der Waals surface area contributed by atoms with Crippen molar-refractivity contribution < 1.29 is 9.90 Å². The lowest BCUT2D eigenvalue weighted by molar-refractivity contribution is -0.124. The van der Waals surface area contributed by atoms with E-state index in [0.717, 1.165) is 35.1 Å². The number of benzene rings is 1. The van der Waals surface area contributed by atoms with Gasteiger partial charge < -0.3 is 15.0 Å². The van der Waals surface area contributed by atoms with Crippen molar-refractivity contribution in [2.75, 3.05) is 18.6 Å². The van der Waals surface area contributed by atoms with Gasteiger partial charge in [-0.1, -0.05) is 18.2 Å². The number of amides is 1. The predicted molar refractivity (Wildman–Crippen MR) is 75.2 cm³/mol. The van der Waals surface area contributed by atoms with Crippen LogP contribution < -0.4 is 4.90 Å². The highest BCUT2D eigenvalue weighted by Gasteiger charge is 2.51. The summed E-state index contributed by atoms with van der Waals surface area (Å²) in [5.41, 5.74) is 2.40. The average molecular weight is 258 g/mol. The molecule has 1 fully saturated rings. The Bertz CT molecular complexity index is 641. The third-order valence-electron chi connectivity index (χ3n) is 4.11. The summed E-state index contributed by atoms with van der Waals surface area (Å²) in [5, 5.41) is 10.4. The maximum absolute atomic E-state index is 12.5. The molecule has 0 saturated heterocycles. The molecule has 3 rings (SSSR count). The molecule has 1 aliphatic rings. The van der Waals surface area contributed by atoms with E-state index in [1.165, 1.54) is 0 Å². The number of H-pyrrole nitrogens is 1. The Morgan fingerprint density at radius 2 is 2.11 bits per heavy atom. The van der Waals surface area contributed by atoms with E-state index in [4.69, 9.17) is 0 Å². The number of fused-ring (bicyclic) bond motifs is 1. The van der Waals surface area contributed by atoms with Crippen LogP contribution in [0.1, 0.15) is 18.5 Å². The molecule has 0 unspecified atom stereocenters. The normalized spacial score (nSPS) is 16.6. The number of para-hydroxylation sites is 1. The first-order valence-corrected chi connectivity index (χ1v) is 6.55. The quantitative estimate of drug-likeness (QED) is 0.886. The number of carbonyl (C=O) groups excluding carboxylic acids is 1. The zero-order valence-corrected chi connectivity index (χ0v) is 11.2. The van der Waals surface area contributed by atoms with Crippen molar-refractivity contribution in [3.8, 4) is 0 Å². The van der Waals surface area contributed by atoms with Gasteiger partial charge in [0, 0.05) is 23.6 Å². The van der Waals surface area contributed by atoms with Crippen LogP contribution in [0.3, 0.4) is 0 Å². The van der Waals surface area contributed by atoms with Crippen LogP contribution in [0.2, 0.25) is 0 Å². The molecule has 0 spiro atoms. The molecule has 1 aromatic carbocycles. The van der Waals surface area contributed by atoms with Crippen molar-refractivity contribution in [2.45, 2.75) is 19.8 Å². The highest BCUT2D eigenvalue weighted by molar-refractivity contribution is 6.07. The van der Waals surface area contributed by atoms with Gasteiger partial charge in [-0.3, -0.25) is 4.79 Å². The van der Waals surface area contributed by atoms with E-state index in [9.17, 15) is 9.90 Å². The lowest BCUT2D eigenvalue weighted by Gasteiger charge is -2.22. The average Bonchev–Trinajstić information content (AvgIpc) is 3.14. The largest absolute Gasteiger partial charge is 0.395 e. The van der Waals surface area contributed by atoms with Gasteiger partial charge in [-0.15, -0.1) is 0 Å². The van der Waals surface area contributed by atoms with Crippen molar-refractivity contribution in [1.82, 2.24) is 4.98 Å². The predicted octanol–water partition coefficient (Wildman–Crippen LogP) is 2.21. The van der Waals surface area contributed by atoms with Gasteiger partial charge in [0.2, 0.25) is 5.91 Å². The van der Waals surface area contributed by atoms with E-state index in [-0.39, 0.29) is 12.5 Å². The molecule has 0 bridgehead atoms. The first-order valence-electron chi connectivity index (χ1n) is 6.55. The number of aliphatic hydroxyl groups excluding tert-OH is 1. The molecule has 1 saturated carbocycles. The molecule has 1 heterocycles. The second-order valence-electron chi connectivity index (χ2n) is 5.45. The number of rotatable bonds is 3. The SMILES string of the molecule is Cc1[nH]c2ccccc2c1N(C)C(=O)C1(CO)CC1. The van der Waals surface area contributed by atoms with Gasteiger partial charge in [0.1, 0.15) is 0 Å². The van der Waals surface area contributed by atoms with Gasteiger partial charge in [-0.05, 0) is 25.8 Å². The van der Waals surface area contributed by atoms with Crippen LogP contribution in [0.4, 0.5) is 5.69 Å². The molecule has 0 atom stereocenters. The number of aryl methyl sites for hydroxylation is 1. The van der Waals surface area contributed by atoms with Crippen molar-refractivity contribution >= 4 is 22.5 Å². The highest BCUT2D eigenvalue weighted by Crippen LogP contribution is 2.47. The minimum absolute atomic E-state index is 0.0165. The lowest BCUT2D eigenvalue weighted by Crippen LogP contribution is -2.36. The summed E-state index contributed by atoms with van der Waals surface area (Å²) < 4.78 is 0. The Balaban J connectivity index is 2.04. The van der Waals surface area contributed by atoms with Gasteiger partial charge in [-0.2, -0.15) is 0 Å². The number of aromatic amines is 1. The molecule has 0 aliphatic heterocycles. The molecule has 19 heavy (non-hydrogen) atoms. The molecule has 1 aromatic heterocycles. The summed E-state index contributed by atoms with van der Waals surface area (Å²) in [6.45, 7) is 1.91. The van der Waals surface area contributed by atoms with E-state index in [0.29, 0.717) is 0 Å². The van der Waals surface area contributed by atoms with Gasteiger partial charge in [0.05, 0.1) is 17.7 Å². The molecule has 1 aliphatic carbocycles. The van der Waals surface area contributed by atoms with E-state index < -0.39 is 5.41 Å².